The number of aliphatic hydroxyl groups is 3. The van der Waals surface area contributed by atoms with Crippen LogP contribution in [0.2, 0.25) is 0 Å². The Balaban J connectivity index is 2.08. The van der Waals surface area contributed by atoms with Crippen LogP contribution in [0.1, 0.15) is 6.92 Å². The number of pyridine rings is 3. The van der Waals surface area contributed by atoms with Crippen molar-refractivity contribution >= 4 is 34.0 Å². The van der Waals surface area contributed by atoms with E-state index < -0.39 is 22.8 Å². The molecule has 0 saturated heterocycles. The lowest BCUT2D eigenvalue weighted by molar-refractivity contribution is -0.419. The molecular weight excluding hydrogens is 445 g/mol. The maximum absolute atomic E-state index is 13.3. The van der Waals surface area contributed by atoms with Gasteiger partial charge in [-0.05, 0) is 12.1 Å². The van der Waals surface area contributed by atoms with Crippen molar-refractivity contribution in [3.05, 3.63) is 48.5 Å². The summed E-state index contributed by atoms with van der Waals surface area (Å²) in [4.78, 5) is 23.7. The minimum Gasteiger partial charge on any atom is -0.417 e. The molecule has 0 spiro atoms. The summed E-state index contributed by atoms with van der Waals surface area (Å²) in [5, 5.41) is 32.8. The number of carbonyl (C=O) groups excluding carboxylic acids is 1. The second-order valence-electron chi connectivity index (χ2n) is 6.44. The molecule has 0 bridgehead atoms. The Kier molecular flexibility index (Phi) is 6.74. The van der Waals surface area contributed by atoms with E-state index in [1.165, 1.54) is 43.6 Å². The van der Waals surface area contributed by atoms with Gasteiger partial charge in [-0.2, -0.15) is 0 Å². The molecule has 1 amide bonds. The van der Waals surface area contributed by atoms with Gasteiger partial charge >= 0.3 is 6.16 Å². The van der Waals surface area contributed by atoms with Crippen LogP contribution in [0.4, 0.5) is 21.7 Å². The first-order valence-corrected chi connectivity index (χ1v) is 10.4. The summed E-state index contributed by atoms with van der Waals surface area (Å²) >= 11 is 0. The molecule has 168 valence electrons. The molecule has 3 rings (SSSR count). The monoisotopic (exact) mass is 463 g/mol. The maximum atomic E-state index is 13.3. The predicted octanol–water partition coefficient (Wildman–Crippen LogP) is 1.08. The molecule has 0 fully saturated rings. The lowest BCUT2D eigenvalue weighted by Gasteiger charge is -2.17. The Morgan fingerprint density at radius 1 is 1.12 bits per heavy atom. The van der Waals surface area contributed by atoms with Gasteiger partial charge in [-0.25, -0.2) is 14.4 Å². The highest BCUT2D eigenvalue weighted by Crippen LogP contribution is 2.32. The summed E-state index contributed by atoms with van der Waals surface area (Å²) in [5.74, 6) is -0.914. The number of aromatic nitrogens is 3. The number of carbonyl (C=O) groups is 1. The van der Waals surface area contributed by atoms with Gasteiger partial charge in [-0.1, -0.05) is 0 Å². The highest BCUT2D eigenvalue weighted by Gasteiger charge is 2.22. The molecule has 1 unspecified atom stereocenters. The molecule has 3 aromatic rings. The van der Waals surface area contributed by atoms with Gasteiger partial charge in [0.25, 0.3) is 0 Å². The first-order chi connectivity index (χ1) is 15.0. The minimum atomic E-state index is -3.47. The zero-order chi connectivity index (χ0) is 23.5. The fourth-order valence-electron chi connectivity index (χ4n) is 2.59. The molecule has 0 aliphatic carbocycles. The summed E-state index contributed by atoms with van der Waals surface area (Å²) in [6, 6.07) is 6.45. The van der Waals surface area contributed by atoms with Gasteiger partial charge in [-0.3, -0.25) is 14.0 Å². The molecular formula is C19H18FN5O6S. The van der Waals surface area contributed by atoms with E-state index in [1.807, 2.05) is 0 Å². The number of hydrogen-bond donors (Lipinski definition) is 5. The highest BCUT2D eigenvalue weighted by atomic mass is 32.2. The number of halogens is 1. The van der Waals surface area contributed by atoms with E-state index in [9.17, 15) is 13.4 Å². The number of amides is 1. The van der Waals surface area contributed by atoms with Crippen LogP contribution in [-0.4, -0.2) is 52.8 Å². The normalized spacial score (nSPS) is 12.2. The molecule has 0 aliphatic heterocycles. The summed E-state index contributed by atoms with van der Waals surface area (Å²) in [6.45, 7) is 1.31. The van der Waals surface area contributed by atoms with E-state index in [4.69, 9.17) is 15.3 Å². The fraction of sp³-hybridized carbons (Fsp3) is 0.158. The van der Waals surface area contributed by atoms with Crippen molar-refractivity contribution in [3.63, 3.8) is 0 Å². The van der Waals surface area contributed by atoms with Crippen LogP contribution in [0.25, 0.3) is 11.3 Å². The molecule has 3 aromatic heterocycles. The first kappa shape index (κ1) is 23.1. The fourth-order valence-corrected chi connectivity index (χ4v) is 3.10. The number of rotatable bonds is 7. The zero-order valence-corrected chi connectivity index (χ0v) is 17.6. The Bertz CT molecular complexity index is 1170. The number of nitrogens with one attached hydrogen (secondary N) is 2. The zero-order valence-electron chi connectivity index (χ0n) is 16.7. The number of hydrogen-bond acceptors (Lipinski definition) is 10. The number of nitrogens with zero attached hydrogens (tertiary/aromatic N) is 3. The molecule has 11 nitrogen and oxygen atoms in total. The van der Waals surface area contributed by atoms with Crippen LogP contribution in [0, 0.1) is 5.82 Å². The Morgan fingerprint density at radius 3 is 2.47 bits per heavy atom. The average Bonchev–Trinajstić information content (AvgIpc) is 2.67. The quantitative estimate of drug-likeness (QED) is 0.320. The molecule has 1 atom stereocenters. The standard InChI is InChI=1S/C19H18FN5O6S/c1-10(26)23-16-7-15(13(9-22-16)14-4-3-11(20)8-21-14)24-17-5-12(31-19(27,28)29)6-18(25-17)32(2)30/h3-9,27-29H,1-2H3,(H2,22,23,24,25,26). The second-order valence-corrected chi connectivity index (χ2v) is 7.77. The van der Waals surface area contributed by atoms with Gasteiger partial charge in [0.05, 0.1) is 28.4 Å². The molecule has 5 N–H and O–H groups in total. The second kappa shape index (κ2) is 9.32. The number of anilines is 3. The van der Waals surface area contributed by atoms with Crippen molar-refractivity contribution in [3.8, 4) is 17.0 Å². The third-order valence-electron chi connectivity index (χ3n) is 3.80. The molecule has 3 heterocycles. The minimum absolute atomic E-state index is 0.00634. The Morgan fingerprint density at radius 2 is 1.88 bits per heavy atom. The van der Waals surface area contributed by atoms with Gasteiger partial charge < -0.3 is 30.7 Å². The Labute approximate surface area is 183 Å². The molecule has 32 heavy (non-hydrogen) atoms. The molecule has 0 aliphatic rings. The van der Waals surface area contributed by atoms with E-state index >= 15 is 0 Å². The lowest BCUT2D eigenvalue weighted by Crippen LogP contribution is -2.34. The van der Waals surface area contributed by atoms with Crippen LogP contribution in [0.3, 0.4) is 0 Å². The van der Waals surface area contributed by atoms with Crippen LogP contribution in [-0.2, 0) is 15.6 Å². The molecule has 0 saturated carbocycles. The largest absolute Gasteiger partial charge is 0.453 e. The van der Waals surface area contributed by atoms with Crippen molar-refractivity contribution in [1.29, 1.82) is 0 Å². The third-order valence-corrected chi connectivity index (χ3v) is 4.60. The van der Waals surface area contributed by atoms with Gasteiger partial charge in [0, 0.05) is 43.1 Å². The van der Waals surface area contributed by atoms with E-state index in [2.05, 4.69) is 30.3 Å². The van der Waals surface area contributed by atoms with Crippen LogP contribution >= 0.6 is 0 Å². The van der Waals surface area contributed by atoms with Crippen LogP contribution < -0.4 is 15.4 Å². The first-order valence-electron chi connectivity index (χ1n) is 8.88. The van der Waals surface area contributed by atoms with Gasteiger partial charge in [-0.15, -0.1) is 0 Å². The molecule has 13 heteroatoms. The van der Waals surface area contributed by atoms with Gasteiger partial charge in [0.15, 0.2) is 0 Å². The maximum Gasteiger partial charge on any atom is 0.453 e. The van der Waals surface area contributed by atoms with Gasteiger partial charge in [0.2, 0.25) is 5.91 Å². The smallest absolute Gasteiger partial charge is 0.417 e. The molecule has 0 radical (unpaired) electrons. The average molecular weight is 463 g/mol. The van der Waals surface area contributed by atoms with Crippen molar-refractivity contribution in [2.45, 2.75) is 18.1 Å². The van der Waals surface area contributed by atoms with Crippen LogP contribution in [0.15, 0.2) is 47.8 Å². The molecule has 0 aromatic carbocycles. The SMILES string of the molecule is CC(=O)Nc1cc(Nc2cc(OC(O)(O)O)cc(S(C)=O)n2)c(-c2ccc(F)cn2)cn1. The predicted molar refractivity (Wildman–Crippen MR) is 112 cm³/mol. The highest BCUT2D eigenvalue weighted by molar-refractivity contribution is 7.84. The van der Waals surface area contributed by atoms with Gasteiger partial charge in [0.1, 0.15) is 28.2 Å². The number of ether oxygens (including phenoxy) is 1. The summed E-state index contributed by atoms with van der Waals surface area (Å²) in [5.41, 5.74) is 1.08. The van der Waals surface area contributed by atoms with E-state index in [1.54, 1.807) is 0 Å². The Hall–Kier alpha value is -3.52. The van der Waals surface area contributed by atoms with E-state index in [0.29, 0.717) is 16.9 Å². The topological polar surface area (TPSA) is 167 Å². The summed E-state index contributed by atoms with van der Waals surface area (Å²) in [7, 11) is -1.59. The van der Waals surface area contributed by atoms with E-state index in [-0.39, 0.29) is 28.3 Å². The van der Waals surface area contributed by atoms with Crippen molar-refractivity contribution in [2.24, 2.45) is 0 Å². The lowest BCUT2D eigenvalue weighted by atomic mass is 10.1. The van der Waals surface area contributed by atoms with Crippen molar-refractivity contribution in [1.82, 2.24) is 15.0 Å². The van der Waals surface area contributed by atoms with Crippen LogP contribution in [0.5, 0.6) is 5.75 Å². The van der Waals surface area contributed by atoms with Crippen molar-refractivity contribution in [2.75, 3.05) is 16.9 Å². The third kappa shape index (κ3) is 6.24. The summed E-state index contributed by atoms with van der Waals surface area (Å²) in [6.07, 6.45) is 0.293. The summed E-state index contributed by atoms with van der Waals surface area (Å²) < 4.78 is 29.8. The van der Waals surface area contributed by atoms with E-state index in [0.717, 1.165) is 12.3 Å². The van der Waals surface area contributed by atoms with Crippen molar-refractivity contribution < 1.29 is 33.5 Å².